The first-order chi connectivity index (χ1) is 13.7. The summed E-state index contributed by atoms with van der Waals surface area (Å²) < 4.78 is 10.6. The lowest BCUT2D eigenvalue weighted by molar-refractivity contribution is -0.117. The number of carbonyl (C=O) groups excluding carboxylic acids is 1. The molecule has 1 amide bonds. The Morgan fingerprint density at radius 2 is 1.93 bits per heavy atom. The van der Waals surface area contributed by atoms with Crippen LogP contribution in [0.2, 0.25) is 0 Å². The fraction of sp³-hybridized carbons (Fsp3) is 0.300. The van der Waals surface area contributed by atoms with Crippen molar-refractivity contribution in [1.29, 1.82) is 0 Å². The third kappa shape index (κ3) is 4.28. The Morgan fingerprint density at radius 3 is 2.61 bits per heavy atom. The molecule has 1 atom stereocenters. The van der Waals surface area contributed by atoms with Gasteiger partial charge in [-0.2, -0.15) is 5.21 Å². The van der Waals surface area contributed by atoms with Crippen LogP contribution in [0.5, 0.6) is 11.5 Å². The minimum atomic E-state index is -0.609. The quantitative estimate of drug-likeness (QED) is 0.622. The Hall–Kier alpha value is -3.42. The van der Waals surface area contributed by atoms with Gasteiger partial charge in [0, 0.05) is 5.69 Å². The van der Waals surface area contributed by atoms with E-state index in [1.807, 2.05) is 49.4 Å². The van der Waals surface area contributed by atoms with Crippen LogP contribution in [0, 0.1) is 0 Å². The molecule has 146 valence electrons. The molecule has 3 rings (SSSR count). The summed E-state index contributed by atoms with van der Waals surface area (Å²) in [5, 5.41) is 17.1. The van der Waals surface area contributed by atoms with Crippen LogP contribution >= 0.6 is 0 Å². The third-order valence-electron chi connectivity index (χ3n) is 4.53. The predicted octanol–water partition coefficient (Wildman–Crippen LogP) is 2.74. The molecule has 0 aliphatic carbocycles. The summed E-state index contributed by atoms with van der Waals surface area (Å²) in [5.74, 6) is 0.757. The van der Waals surface area contributed by atoms with Crippen molar-refractivity contribution in [3.8, 4) is 11.5 Å². The van der Waals surface area contributed by atoms with Crippen molar-refractivity contribution in [3.05, 3.63) is 59.4 Å². The van der Waals surface area contributed by atoms with E-state index >= 15 is 0 Å². The molecule has 2 aromatic carbocycles. The summed E-state index contributed by atoms with van der Waals surface area (Å²) in [6.07, 6.45) is 1.21. The molecule has 1 heterocycles. The Kier molecular flexibility index (Phi) is 6.21. The van der Waals surface area contributed by atoms with E-state index in [9.17, 15) is 4.79 Å². The SMILES string of the molecule is CCc1ccccc1NC(=O)C(Cc1ccc(OC)c(OC)c1)c1nn[nH]n1. The van der Waals surface area contributed by atoms with Crippen LogP contribution in [0.3, 0.4) is 0 Å². The number of aromatic nitrogens is 4. The van der Waals surface area contributed by atoms with Gasteiger partial charge in [-0.3, -0.25) is 4.79 Å². The van der Waals surface area contributed by atoms with E-state index in [1.54, 1.807) is 14.2 Å². The first kappa shape index (κ1) is 19.3. The minimum absolute atomic E-state index is 0.197. The molecule has 1 aromatic heterocycles. The number of aromatic amines is 1. The lowest BCUT2D eigenvalue weighted by Crippen LogP contribution is -2.24. The van der Waals surface area contributed by atoms with E-state index in [4.69, 9.17) is 9.47 Å². The van der Waals surface area contributed by atoms with Crippen LogP contribution in [0.15, 0.2) is 42.5 Å². The summed E-state index contributed by atoms with van der Waals surface area (Å²) in [6.45, 7) is 2.05. The number of tetrazole rings is 1. The van der Waals surface area contributed by atoms with Crippen molar-refractivity contribution in [3.63, 3.8) is 0 Å². The number of nitrogens with one attached hydrogen (secondary N) is 2. The number of H-pyrrole nitrogens is 1. The van der Waals surface area contributed by atoms with Crippen LogP contribution in [0.1, 0.15) is 29.8 Å². The standard InChI is InChI=1S/C20H23N5O3/c1-4-14-7-5-6-8-16(14)21-20(26)15(19-22-24-25-23-19)11-13-9-10-17(27-2)18(12-13)28-3/h5-10,12,15H,4,11H2,1-3H3,(H,21,26)(H,22,23,24,25). The first-order valence-corrected chi connectivity index (χ1v) is 8.99. The third-order valence-corrected chi connectivity index (χ3v) is 4.53. The second kappa shape index (κ2) is 8.98. The average molecular weight is 381 g/mol. The van der Waals surface area contributed by atoms with Gasteiger partial charge < -0.3 is 14.8 Å². The average Bonchev–Trinajstić information content (AvgIpc) is 3.26. The van der Waals surface area contributed by atoms with Crippen molar-refractivity contribution < 1.29 is 14.3 Å². The zero-order valence-corrected chi connectivity index (χ0v) is 16.1. The number of carbonyl (C=O) groups is 1. The molecule has 3 aromatic rings. The van der Waals surface area contributed by atoms with E-state index in [-0.39, 0.29) is 5.91 Å². The zero-order valence-electron chi connectivity index (χ0n) is 16.1. The molecule has 0 saturated carbocycles. The number of benzene rings is 2. The normalized spacial score (nSPS) is 11.7. The highest BCUT2D eigenvalue weighted by Crippen LogP contribution is 2.30. The van der Waals surface area contributed by atoms with Gasteiger partial charge in [-0.15, -0.1) is 10.2 Å². The predicted molar refractivity (Wildman–Crippen MR) is 105 cm³/mol. The van der Waals surface area contributed by atoms with Gasteiger partial charge >= 0.3 is 0 Å². The van der Waals surface area contributed by atoms with Gasteiger partial charge in [0.2, 0.25) is 5.91 Å². The molecule has 0 radical (unpaired) electrons. The van der Waals surface area contributed by atoms with Crippen LogP contribution in [-0.4, -0.2) is 40.8 Å². The summed E-state index contributed by atoms with van der Waals surface area (Å²) in [6, 6.07) is 13.3. The van der Waals surface area contributed by atoms with E-state index in [0.717, 1.165) is 23.2 Å². The van der Waals surface area contributed by atoms with Gasteiger partial charge in [0.25, 0.3) is 0 Å². The highest BCUT2D eigenvalue weighted by atomic mass is 16.5. The lowest BCUT2D eigenvalue weighted by atomic mass is 9.97. The fourth-order valence-corrected chi connectivity index (χ4v) is 3.03. The van der Waals surface area contributed by atoms with E-state index in [0.29, 0.717) is 23.7 Å². The molecule has 1 unspecified atom stereocenters. The molecule has 0 aliphatic heterocycles. The molecule has 0 bridgehead atoms. The van der Waals surface area contributed by atoms with Crippen molar-refractivity contribution in [1.82, 2.24) is 20.6 Å². The molecule has 0 spiro atoms. The van der Waals surface area contributed by atoms with Gasteiger partial charge in [-0.1, -0.05) is 36.4 Å². The number of hydrogen-bond donors (Lipinski definition) is 2. The Labute approximate surface area is 163 Å². The monoisotopic (exact) mass is 381 g/mol. The molecule has 2 N–H and O–H groups in total. The number of amides is 1. The summed E-state index contributed by atoms with van der Waals surface area (Å²) >= 11 is 0. The lowest BCUT2D eigenvalue weighted by Gasteiger charge is -2.16. The molecular formula is C20H23N5O3. The van der Waals surface area contributed by atoms with Crippen LogP contribution in [0.25, 0.3) is 0 Å². The Balaban J connectivity index is 1.87. The largest absolute Gasteiger partial charge is 0.493 e. The first-order valence-electron chi connectivity index (χ1n) is 8.99. The second-order valence-corrected chi connectivity index (χ2v) is 6.22. The number of anilines is 1. The van der Waals surface area contributed by atoms with Crippen LogP contribution < -0.4 is 14.8 Å². The van der Waals surface area contributed by atoms with Gasteiger partial charge in [-0.25, -0.2) is 0 Å². The maximum absolute atomic E-state index is 13.1. The van der Waals surface area contributed by atoms with Crippen molar-refractivity contribution in [2.24, 2.45) is 0 Å². The molecule has 0 fully saturated rings. The Morgan fingerprint density at radius 1 is 1.14 bits per heavy atom. The van der Waals surface area contributed by atoms with Gasteiger partial charge in [0.1, 0.15) is 5.92 Å². The number of ether oxygens (including phenoxy) is 2. The minimum Gasteiger partial charge on any atom is -0.493 e. The van der Waals surface area contributed by atoms with Crippen molar-refractivity contribution >= 4 is 11.6 Å². The summed E-state index contributed by atoms with van der Waals surface area (Å²) in [7, 11) is 3.16. The molecule has 0 aliphatic rings. The number of hydrogen-bond acceptors (Lipinski definition) is 6. The molecular weight excluding hydrogens is 358 g/mol. The number of methoxy groups -OCH3 is 2. The van der Waals surface area contributed by atoms with Gasteiger partial charge in [0.05, 0.1) is 14.2 Å². The van der Waals surface area contributed by atoms with Crippen molar-refractivity contribution in [2.45, 2.75) is 25.7 Å². The number of para-hydroxylation sites is 1. The summed E-state index contributed by atoms with van der Waals surface area (Å²) in [4.78, 5) is 13.1. The summed E-state index contributed by atoms with van der Waals surface area (Å²) in [5.41, 5.74) is 2.75. The second-order valence-electron chi connectivity index (χ2n) is 6.22. The fourth-order valence-electron chi connectivity index (χ4n) is 3.03. The highest BCUT2D eigenvalue weighted by molar-refractivity contribution is 5.96. The smallest absolute Gasteiger partial charge is 0.235 e. The maximum Gasteiger partial charge on any atom is 0.235 e. The van der Waals surface area contributed by atoms with E-state index < -0.39 is 5.92 Å². The van der Waals surface area contributed by atoms with Gasteiger partial charge in [-0.05, 0) is 42.2 Å². The topological polar surface area (TPSA) is 102 Å². The van der Waals surface area contributed by atoms with E-state index in [2.05, 4.69) is 25.9 Å². The molecule has 8 nitrogen and oxygen atoms in total. The maximum atomic E-state index is 13.1. The Bertz CT molecular complexity index is 927. The van der Waals surface area contributed by atoms with Crippen molar-refractivity contribution in [2.75, 3.05) is 19.5 Å². The molecule has 8 heteroatoms. The van der Waals surface area contributed by atoms with E-state index in [1.165, 1.54) is 0 Å². The van der Waals surface area contributed by atoms with Crippen LogP contribution in [0.4, 0.5) is 5.69 Å². The molecule has 28 heavy (non-hydrogen) atoms. The zero-order chi connectivity index (χ0) is 19.9. The number of nitrogens with zero attached hydrogens (tertiary/aromatic N) is 3. The molecule has 0 saturated heterocycles. The number of aryl methyl sites for hydroxylation is 1. The number of rotatable bonds is 8. The van der Waals surface area contributed by atoms with Gasteiger partial charge in [0.15, 0.2) is 17.3 Å². The highest BCUT2D eigenvalue weighted by Gasteiger charge is 2.26. The van der Waals surface area contributed by atoms with Crippen LogP contribution in [-0.2, 0) is 17.6 Å².